The number of rotatable bonds is 3. The lowest BCUT2D eigenvalue weighted by Gasteiger charge is -2.63. The Morgan fingerprint density at radius 2 is 1.42 bits per heavy atom. The molecule has 4 atom stereocenters. The van der Waals surface area contributed by atoms with E-state index in [1.54, 1.807) is 0 Å². The fourth-order valence-electron chi connectivity index (χ4n) is 6.86. The van der Waals surface area contributed by atoms with Gasteiger partial charge in [-0.25, -0.2) is 0 Å². The van der Waals surface area contributed by atoms with Crippen LogP contribution in [0.3, 0.4) is 0 Å². The highest BCUT2D eigenvalue weighted by Gasteiger charge is 2.78. The Kier molecular flexibility index (Phi) is 4.26. The molecule has 5 aliphatic rings. The van der Waals surface area contributed by atoms with Crippen LogP contribution in [-0.4, -0.2) is 60.5 Å². The van der Waals surface area contributed by atoms with Crippen molar-refractivity contribution in [1.29, 1.82) is 0 Å². The monoisotopic (exact) mass is 364 g/mol. The van der Waals surface area contributed by atoms with Gasteiger partial charge in [0.2, 0.25) is 0 Å². The van der Waals surface area contributed by atoms with E-state index in [-0.39, 0.29) is 6.61 Å². The van der Waals surface area contributed by atoms with Gasteiger partial charge in [-0.1, -0.05) is 0 Å². The summed E-state index contributed by atoms with van der Waals surface area (Å²) in [4.78, 5) is 0. The van der Waals surface area contributed by atoms with E-state index in [1.807, 2.05) is 0 Å². The molecule has 1 aliphatic carbocycles. The van der Waals surface area contributed by atoms with E-state index >= 15 is 0 Å². The predicted octanol–water partition coefficient (Wildman–Crippen LogP) is 2.90. The van der Waals surface area contributed by atoms with Crippen LogP contribution in [0.5, 0.6) is 0 Å². The van der Waals surface area contributed by atoms with Crippen molar-refractivity contribution in [2.75, 3.05) is 33.0 Å². The molecule has 4 saturated heterocycles. The standard InChI is InChI=1S/C21H32O5/c22-11-1-6-17-16-18(7-2-12-23-18)20(9-4-14-25-20)21(10-5-15-26-21)19(17)8-3-13-24-19/h16,22H,1-15H2/t18-,19-,20+,21-/m0/s1. The summed E-state index contributed by atoms with van der Waals surface area (Å²) < 4.78 is 26.5. The van der Waals surface area contributed by atoms with Crippen molar-refractivity contribution in [1.82, 2.24) is 0 Å². The van der Waals surface area contributed by atoms with E-state index in [2.05, 4.69) is 6.08 Å². The Morgan fingerprint density at radius 3 is 2.00 bits per heavy atom. The summed E-state index contributed by atoms with van der Waals surface area (Å²) in [7, 11) is 0. The van der Waals surface area contributed by atoms with Crippen LogP contribution in [-0.2, 0) is 18.9 Å². The van der Waals surface area contributed by atoms with Gasteiger partial charge in [0.05, 0.1) is 0 Å². The molecule has 0 aromatic carbocycles. The fraction of sp³-hybridized carbons (Fsp3) is 0.905. The first-order chi connectivity index (χ1) is 12.7. The molecule has 5 heteroatoms. The Bertz CT molecular complexity index is 559. The van der Waals surface area contributed by atoms with E-state index < -0.39 is 22.4 Å². The van der Waals surface area contributed by atoms with Crippen molar-refractivity contribution >= 4 is 0 Å². The highest BCUT2D eigenvalue weighted by molar-refractivity contribution is 5.44. The summed E-state index contributed by atoms with van der Waals surface area (Å²) >= 11 is 0. The molecule has 0 unspecified atom stereocenters. The number of ether oxygens (including phenoxy) is 4. The minimum Gasteiger partial charge on any atom is -0.396 e. The van der Waals surface area contributed by atoms with Gasteiger partial charge in [-0.2, -0.15) is 0 Å². The highest BCUT2D eigenvalue weighted by Crippen LogP contribution is 2.66. The minimum atomic E-state index is -0.448. The predicted molar refractivity (Wildman–Crippen MR) is 96.1 cm³/mol. The molecular formula is C21H32O5. The largest absolute Gasteiger partial charge is 0.396 e. The van der Waals surface area contributed by atoms with Crippen molar-refractivity contribution in [2.24, 2.45) is 0 Å². The summed E-state index contributed by atoms with van der Waals surface area (Å²) in [5.74, 6) is 0. The first-order valence-corrected chi connectivity index (χ1v) is 10.6. The van der Waals surface area contributed by atoms with Crippen LogP contribution in [0.4, 0.5) is 0 Å². The summed E-state index contributed by atoms with van der Waals surface area (Å²) in [6.45, 7) is 3.34. The second-order valence-electron chi connectivity index (χ2n) is 8.68. The molecule has 0 aromatic rings. The molecule has 4 spiro atoms. The fourth-order valence-corrected chi connectivity index (χ4v) is 6.86. The minimum absolute atomic E-state index is 0.205. The van der Waals surface area contributed by atoms with Gasteiger partial charge in [-0.3, -0.25) is 0 Å². The topological polar surface area (TPSA) is 57.2 Å². The van der Waals surface area contributed by atoms with Crippen LogP contribution in [0.25, 0.3) is 0 Å². The lowest BCUT2D eigenvalue weighted by molar-refractivity contribution is -0.298. The third-order valence-corrected chi connectivity index (χ3v) is 7.64. The normalized spacial score (nSPS) is 47.8. The Labute approximate surface area is 156 Å². The third kappa shape index (κ3) is 1.99. The van der Waals surface area contributed by atoms with Gasteiger partial charge in [0.15, 0.2) is 0 Å². The van der Waals surface area contributed by atoms with Crippen LogP contribution in [0.2, 0.25) is 0 Å². The second kappa shape index (κ2) is 6.28. The molecule has 0 amide bonds. The average Bonchev–Trinajstić information content (AvgIpc) is 3.44. The summed E-state index contributed by atoms with van der Waals surface area (Å²) in [5, 5.41) is 9.49. The summed E-state index contributed by atoms with van der Waals surface area (Å²) in [6, 6.07) is 0. The zero-order valence-electron chi connectivity index (χ0n) is 15.8. The van der Waals surface area contributed by atoms with Crippen molar-refractivity contribution in [3.05, 3.63) is 11.6 Å². The van der Waals surface area contributed by atoms with Crippen molar-refractivity contribution < 1.29 is 24.1 Å². The van der Waals surface area contributed by atoms with Gasteiger partial charge in [-0.15, -0.1) is 0 Å². The number of fused-ring (bicyclic) bond motifs is 3. The van der Waals surface area contributed by atoms with Gasteiger partial charge < -0.3 is 24.1 Å². The maximum atomic E-state index is 9.49. The van der Waals surface area contributed by atoms with Gasteiger partial charge in [-0.05, 0) is 75.9 Å². The van der Waals surface area contributed by atoms with Gasteiger partial charge in [0, 0.05) is 33.0 Å². The zero-order valence-corrected chi connectivity index (χ0v) is 15.8. The van der Waals surface area contributed by atoms with Crippen molar-refractivity contribution in [3.63, 3.8) is 0 Å². The molecule has 0 radical (unpaired) electrons. The highest BCUT2D eigenvalue weighted by atomic mass is 16.6. The van der Waals surface area contributed by atoms with Crippen molar-refractivity contribution in [3.8, 4) is 0 Å². The number of hydrogen-bond donors (Lipinski definition) is 1. The molecule has 26 heavy (non-hydrogen) atoms. The molecule has 4 fully saturated rings. The Hall–Kier alpha value is -0.460. The molecule has 1 N–H and O–H groups in total. The number of hydrogen-bond acceptors (Lipinski definition) is 5. The van der Waals surface area contributed by atoms with Crippen LogP contribution in [0.1, 0.15) is 64.2 Å². The Balaban J connectivity index is 1.73. The smallest absolute Gasteiger partial charge is 0.133 e. The molecule has 5 nitrogen and oxygen atoms in total. The molecule has 0 bridgehead atoms. The zero-order chi connectivity index (χ0) is 17.7. The van der Waals surface area contributed by atoms with Crippen LogP contribution >= 0.6 is 0 Å². The molecule has 0 aromatic heterocycles. The van der Waals surface area contributed by atoms with Gasteiger partial charge in [0.1, 0.15) is 22.4 Å². The maximum absolute atomic E-state index is 9.49. The molecule has 146 valence electrons. The first-order valence-electron chi connectivity index (χ1n) is 10.6. The van der Waals surface area contributed by atoms with Crippen molar-refractivity contribution in [2.45, 2.75) is 86.6 Å². The first kappa shape index (κ1) is 17.6. The quantitative estimate of drug-likeness (QED) is 0.781. The van der Waals surface area contributed by atoms with Gasteiger partial charge in [0.25, 0.3) is 0 Å². The summed E-state index contributed by atoms with van der Waals surface area (Å²) in [6.07, 6.45) is 12.2. The van der Waals surface area contributed by atoms with Crippen LogP contribution in [0.15, 0.2) is 11.6 Å². The number of aliphatic hydroxyl groups excluding tert-OH is 1. The maximum Gasteiger partial charge on any atom is 0.133 e. The van der Waals surface area contributed by atoms with E-state index in [4.69, 9.17) is 18.9 Å². The molecule has 4 heterocycles. The average molecular weight is 364 g/mol. The van der Waals surface area contributed by atoms with E-state index in [9.17, 15) is 5.11 Å². The third-order valence-electron chi connectivity index (χ3n) is 7.64. The van der Waals surface area contributed by atoms with Crippen LogP contribution in [0, 0.1) is 0 Å². The molecule has 4 aliphatic heterocycles. The number of aliphatic hydroxyl groups is 1. The van der Waals surface area contributed by atoms with E-state index in [1.165, 1.54) is 5.57 Å². The van der Waals surface area contributed by atoms with E-state index in [0.29, 0.717) is 0 Å². The molecular weight excluding hydrogens is 332 g/mol. The second-order valence-corrected chi connectivity index (χ2v) is 8.68. The molecule has 5 rings (SSSR count). The molecule has 0 saturated carbocycles. The van der Waals surface area contributed by atoms with Gasteiger partial charge >= 0.3 is 0 Å². The van der Waals surface area contributed by atoms with Crippen LogP contribution < -0.4 is 0 Å². The lowest BCUT2D eigenvalue weighted by atomic mass is 9.53. The lowest BCUT2D eigenvalue weighted by Crippen LogP contribution is -2.77. The SMILES string of the molecule is OCCCC1=C[C@@]2(CCCO2)[C@]2(CCCO2)[C@]2(CCCO2)[C@]12CCCO2. The summed E-state index contributed by atoms with van der Waals surface area (Å²) in [5.41, 5.74) is -0.374. The Morgan fingerprint density at radius 1 is 0.769 bits per heavy atom. The van der Waals surface area contributed by atoms with E-state index in [0.717, 1.165) is 90.6 Å².